The van der Waals surface area contributed by atoms with E-state index in [0.29, 0.717) is 0 Å². The number of sulfone groups is 1. The van der Waals surface area contributed by atoms with E-state index < -0.39 is 20.8 Å². The number of rotatable bonds is 3. The van der Waals surface area contributed by atoms with Crippen LogP contribution in [0.1, 0.15) is 6.92 Å². The second kappa shape index (κ2) is 5.17. The summed E-state index contributed by atoms with van der Waals surface area (Å²) in [5.41, 5.74) is 1.79. The van der Waals surface area contributed by atoms with Gasteiger partial charge in [0.05, 0.1) is 16.4 Å². The first kappa shape index (κ1) is 14.4. The highest BCUT2D eigenvalue weighted by molar-refractivity contribution is 7.91. The van der Waals surface area contributed by atoms with Crippen molar-refractivity contribution in [3.8, 4) is 0 Å². The minimum atomic E-state index is -3.12. The van der Waals surface area contributed by atoms with Crippen molar-refractivity contribution in [1.82, 2.24) is 9.97 Å². The van der Waals surface area contributed by atoms with Crippen molar-refractivity contribution in [2.45, 2.75) is 13.0 Å². The Kier molecular flexibility index (Phi) is 3.72. The molecule has 1 aliphatic heterocycles. The third-order valence-corrected chi connectivity index (χ3v) is 4.86. The van der Waals surface area contributed by atoms with Crippen LogP contribution in [-0.2, 0) is 9.84 Å². The highest BCUT2D eigenvalue weighted by Gasteiger charge is 2.34. The van der Waals surface area contributed by atoms with E-state index in [1.54, 1.807) is 11.8 Å². The van der Waals surface area contributed by atoms with Gasteiger partial charge in [-0.25, -0.2) is 24.2 Å². The summed E-state index contributed by atoms with van der Waals surface area (Å²) in [4.78, 5) is 19.7. The van der Waals surface area contributed by atoms with E-state index in [9.17, 15) is 18.5 Å². The minimum Gasteiger partial charge on any atom is -0.346 e. The van der Waals surface area contributed by atoms with Gasteiger partial charge in [0.2, 0.25) is 11.6 Å². The molecule has 2 rings (SSSR count). The summed E-state index contributed by atoms with van der Waals surface area (Å²) in [6.45, 7) is 1.82. The van der Waals surface area contributed by atoms with E-state index >= 15 is 0 Å². The molecule has 20 heavy (non-hydrogen) atoms. The molecule has 1 saturated heterocycles. The monoisotopic (exact) mass is 302 g/mol. The van der Waals surface area contributed by atoms with Crippen molar-refractivity contribution < 1.29 is 13.3 Å². The van der Waals surface area contributed by atoms with Gasteiger partial charge in [0, 0.05) is 12.6 Å². The van der Waals surface area contributed by atoms with Crippen LogP contribution in [-0.4, -0.2) is 47.4 Å². The highest BCUT2D eigenvalue weighted by Crippen LogP contribution is 2.33. The van der Waals surface area contributed by atoms with E-state index in [2.05, 4.69) is 15.4 Å². The van der Waals surface area contributed by atoms with Gasteiger partial charge in [-0.15, -0.1) is 0 Å². The molecule has 1 atom stereocenters. The van der Waals surface area contributed by atoms with Crippen LogP contribution in [0.2, 0.25) is 0 Å². The maximum atomic E-state index is 11.6. The van der Waals surface area contributed by atoms with E-state index in [1.165, 1.54) is 0 Å². The third-order valence-electron chi connectivity index (χ3n) is 3.06. The number of aromatic nitrogens is 2. The third kappa shape index (κ3) is 2.63. The van der Waals surface area contributed by atoms with Crippen molar-refractivity contribution in [1.29, 1.82) is 0 Å². The zero-order valence-corrected chi connectivity index (χ0v) is 11.5. The first-order valence-corrected chi connectivity index (χ1v) is 7.61. The Balaban J connectivity index is 2.45. The lowest BCUT2D eigenvalue weighted by Crippen LogP contribution is -2.47. The Labute approximate surface area is 115 Å². The molecule has 0 aliphatic carbocycles. The van der Waals surface area contributed by atoms with E-state index in [1.807, 2.05) is 0 Å². The standard InChI is InChI=1S/C9H14N6O4S/c1-6-4-20(18,19)3-2-14(6)9-7(15(16)17)8(13-10)11-5-12-9/h5-6H,2-4,10H2,1H3,(H,11,12,13). The first-order chi connectivity index (χ1) is 9.35. The number of hydrogen-bond acceptors (Lipinski definition) is 9. The Bertz CT molecular complexity index is 633. The minimum absolute atomic E-state index is 0.0656. The molecule has 0 aromatic carbocycles. The number of nitrogen functional groups attached to an aromatic ring is 1. The Morgan fingerprint density at radius 3 is 2.80 bits per heavy atom. The summed E-state index contributed by atoms with van der Waals surface area (Å²) < 4.78 is 23.1. The fourth-order valence-corrected chi connectivity index (χ4v) is 3.72. The zero-order chi connectivity index (χ0) is 14.9. The van der Waals surface area contributed by atoms with Gasteiger partial charge in [-0.1, -0.05) is 0 Å². The number of nitrogens with one attached hydrogen (secondary N) is 1. The summed E-state index contributed by atoms with van der Waals surface area (Å²) >= 11 is 0. The van der Waals surface area contributed by atoms with Crippen LogP contribution >= 0.6 is 0 Å². The second-order valence-corrected chi connectivity index (χ2v) is 6.68. The average molecular weight is 302 g/mol. The van der Waals surface area contributed by atoms with Gasteiger partial charge >= 0.3 is 5.69 Å². The van der Waals surface area contributed by atoms with Crippen molar-refractivity contribution in [3.63, 3.8) is 0 Å². The van der Waals surface area contributed by atoms with Gasteiger partial charge in [0.15, 0.2) is 9.84 Å². The lowest BCUT2D eigenvalue weighted by Gasteiger charge is -2.33. The van der Waals surface area contributed by atoms with Crippen LogP contribution in [0.4, 0.5) is 17.3 Å². The lowest BCUT2D eigenvalue weighted by molar-refractivity contribution is -0.383. The summed E-state index contributed by atoms with van der Waals surface area (Å²) in [7, 11) is -3.12. The number of hydrazine groups is 1. The number of hydrogen-bond donors (Lipinski definition) is 2. The zero-order valence-electron chi connectivity index (χ0n) is 10.7. The number of anilines is 2. The molecule has 10 nitrogen and oxygen atoms in total. The first-order valence-electron chi connectivity index (χ1n) is 5.79. The molecule has 0 spiro atoms. The molecule has 0 saturated carbocycles. The fraction of sp³-hybridized carbons (Fsp3) is 0.556. The molecule has 0 amide bonds. The van der Waals surface area contributed by atoms with Gasteiger partial charge in [0.25, 0.3) is 0 Å². The second-order valence-electron chi connectivity index (χ2n) is 4.45. The van der Waals surface area contributed by atoms with Crippen molar-refractivity contribution in [3.05, 3.63) is 16.4 Å². The van der Waals surface area contributed by atoms with Gasteiger partial charge in [-0.05, 0) is 6.92 Å². The molecule has 0 radical (unpaired) electrons. The molecule has 1 fully saturated rings. The van der Waals surface area contributed by atoms with Gasteiger partial charge < -0.3 is 10.3 Å². The van der Waals surface area contributed by atoms with Gasteiger partial charge in [-0.2, -0.15) is 0 Å². The maximum absolute atomic E-state index is 11.6. The molecule has 2 heterocycles. The smallest absolute Gasteiger partial charge is 0.346 e. The van der Waals surface area contributed by atoms with Crippen molar-refractivity contribution in [2.75, 3.05) is 28.4 Å². The quantitative estimate of drug-likeness (QED) is 0.420. The normalized spacial score (nSPS) is 21.5. The van der Waals surface area contributed by atoms with Crippen molar-refractivity contribution >= 4 is 27.2 Å². The van der Waals surface area contributed by atoms with Gasteiger partial charge in [-0.3, -0.25) is 10.1 Å². The maximum Gasteiger partial charge on any atom is 0.354 e. The summed E-state index contributed by atoms with van der Waals surface area (Å²) in [6, 6.07) is -0.409. The predicted octanol–water partition coefficient (Wildman–Crippen LogP) is -0.706. The molecule has 1 aromatic rings. The Morgan fingerprint density at radius 1 is 1.55 bits per heavy atom. The molecular weight excluding hydrogens is 288 g/mol. The molecule has 0 bridgehead atoms. The Morgan fingerprint density at radius 2 is 2.25 bits per heavy atom. The summed E-state index contributed by atoms with van der Waals surface area (Å²) in [6.07, 6.45) is 1.15. The Hall–Kier alpha value is -2.01. The summed E-state index contributed by atoms with van der Waals surface area (Å²) in [5, 5.41) is 11.2. The molecular formula is C9H14N6O4S. The van der Waals surface area contributed by atoms with E-state index in [-0.39, 0.29) is 35.4 Å². The van der Waals surface area contributed by atoms with Crippen molar-refractivity contribution in [2.24, 2.45) is 5.84 Å². The van der Waals surface area contributed by atoms with Crippen LogP contribution < -0.4 is 16.2 Å². The topological polar surface area (TPSA) is 144 Å². The van der Waals surface area contributed by atoms with Gasteiger partial charge in [0.1, 0.15) is 6.33 Å². The molecule has 1 unspecified atom stereocenters. The lowest BCUT2D eigenvalue weighted by atomic mass is 10.3. The summed E-state index contributed by atoms with van der Waals surface area (Å²) in [5.74, 6) is 5.03. The van der Waals surface area contributed by atoms with Crippen LogP contribution in [0.5, 0.6) is 0 Å². The largest absolute Gasteiger partial charge is 0.354 e. The molecule has 1 aliphatic rings. The van der Waals surface area contributed by atoms with Crippen LogP contribution in [0.15, 0.2) is 6.33 Å². The molecule has 110 valence electrons. The van der Waals surface area contributed by atoms with Crippen LogP contribution in [0.25, 0.3) is 0 Å². The number of nitrogens with two attached hydrogens (primary N) is 1. The van der Waals surface area contributed by atoms with E-state index in [0.717, 1.165) is 6.33 Å². The SMILES string of the molecule is CC1CS(=O)(=O)CCN1c1ncnc(NN)c1[N+](=O)[O-]. The average Bonchev–Trinajstić information content (AvgIpc) is 2.36. The van der Waals surface area contributed by atoms with Crippen LogP contribution in [0, 0.1) is 10.1 Å². The predicted molar refractivity (Wildman–Crippen MR) is 72.0 cm³/mol. The number of nitro groups is 1. The van der Waals surface area contributed by atoms with Crippen LogP contribution in [0.3, 0.4) is 0 Å². The molecule has 3 N–H and O–H groups in total. The van der Waals surface area contributed by atoms with E-state index in [4.69, 9.17) is 5.84 Å². The molecule has 1 aromatic heterocycles. The molecule has 11 heteroatoms. The highest BCUT2D eigenvalue weighted by atomic mass is 32.2. The number of nitrogens with zero attached hydrogens (tertiary/aromatic N) is 4. The fourth-order valence-electron chi connectivity index (χ4n) is 2.17.